The Morgan fingerprint density at radius 3 is 2.25 bits per heavy atom. The smallest absolute Gasteiger partial charge is 0.245 e. The van der Waals surface area contributed by atoms with Crippen LogP contribution in [0, 0.1) is 0 Å². The van der Waals surface area contributed by atoms with E-state index in [-0.39, 0.29) is 18.2 Å². The van der Waals surface area contributed by atoms with Crippen LogP contribution in [0.4, 0.5) is 0 Å². The number of hydrogen-bond donors (Lipinski definition) is 4. The van der Waals surface area contributed by atoms with E-state index in [2.05, 4.69) is 11.4 Å². The lowest BCUT2D eigenvalue weighted by Gasteiger charge is -2.32. The van der Waals surface area contributed by atoms with E-state index in [1.165, 1.54) is 10.5 Å². The van der Waals surface area contributed by atoms with Crippen molar-refractivity contribution in [3.63, 3.8) is 0 Å². The zero-order valence-corrected chi connectivity index (χ0v) is 20.8. The fourth-order valence-corrected chi connectivity index (χ4v) is 4.48. The van der Waals surface area contributed by atoms with Crippen molar-refractivity contribution in [1.29, 1.82) is 0 Å². The Kier molecular flexibility index (Phi) is 10.4. The number of nitrogens with zero attached hydrogens (tertiary/aromatic N) is 2. The molecule has 0 spiro atoms. The Morgan fingerprint density at radius 1 is 0.944 bits per heavy atom. The maximum absolute atomic E-state index is 13.6. The molecule has 0 saturated heterocycles. The van der Waals surface area contributed by atoms with Crippen molar-refractivity contribution >= 4 is 17.7 Å². The van der Waals surface area contributed by atoms with Crippen molar-refractivity contribution in [3.8, 4) is 0 Å². The summed E-state index contributed by atoms with van der Waals surface area (Å²) in [5, 5.41) is 2.84. The first-order valence-corrected chi connectivity index (χ1v) is 12.6. The van der Waals surface area contributed by atoms with Gasteiger partial charge in [-0.1, -0.05) is 54.6 Å². The van der Waals surface area contributed by atoms with Gasteiger partial charge in [-0.2, -0.15) is 0 Å². The SMILES string of the molecule is NCCN(CCN)C(=O)CC(N)C(=O)NC(CCc1ccccc1)C(=O)N1CCc2ccccc2C1. The van der Waals surface area contributed by atoms with Crippen LogP contribution in [0.3, 0.4) is 0 Å². The van der Waals surface area contributed by atoms with Crippen LogP contribution < -0.4 is 22.5 Å². The third-order valence-electron chi connectivity index (χ3n) is 6.50. The van der Waals surface area contributed by atoms with Crippen LogP contribution in [-0.4, -0.2) is 72.3 Å². The highest BCUT2D eigenvalue weighted by molar-refractivity contribution is 5.92. The number of aryl methyl sites for hydroxylation is 1. The summed E-state index contributed by atoms with van der Waals surface area (Å²) in [7, 11) is 0. The second-order valence-electron chi connectivity index (χ2n) is 9.13. The highest BCUT2D eigenvalue weighted by atomic mass is 16.2. The molecule has 3 amide bonds. The minimum absolute atomic E-state index is 0.139. The standard InChI is InChI=1S/C27H38N6O3/c28-13-16-32(17-14-29)25(34)18-23(30)26(35)31-24(11-10-20-6-2-1-3-7-20)27(36)33-15-12-21-8-4-5-9-22(21)19-33/h1-9,23-24H,10-19,28-30H2,(H,31,35). The lowest BCUT2D eigenvalue weighted by atomic mass is 9.98. The summed E-state index contributed by atoms with van der Waals surface area (Å²) in [6.07, 6.45) is 1.65. The Morgan fingerprint density at radius 2 is 1.58 bits per heavy atom. The predicted octanol–water partition coefficient (Wildman–Crippen LogP) is 0.152. The van der Waals surface area contributed by atoms with Crippen molar-refractivity contribution in [2.75, 3.05) is 32.7 Å². The van der Waals surface area contributed by atoms with Gasteiger partial charge in [0.2, 0.25) is 17.7 Å². The van der Waals surface area contributed by atoms with Gasteiger partial charge in [-0.3, -0.25) is 14.4 Å². The maximum Gasteiger partial charge on any atom is 0.245 e. The molecule has 1 aliphatic rings. The van der Waals surface area contributed by atoms with Gasteiger partial charge in [-0.25, -0.2) is 0 Å². The van der Waals surface area contributed by atoms with Gasteiger partial charge in [-0.05, 0) is 36.0 Å². The first-order chi connectivity index (χ1) is 17.4. The first-order valence-electron chi connectivity index (χ1n) is 12.6. The van der Waals surface area contributed by atoms with Crippen LogP contribution in [-0.2, 0) is 33.8 Å². The molecule has 2 unspecified atom stereocenters. The molecule has 0 aromatic heterocycles. The van der Waals surface area contributed by atoms with Gasteiger partial charge in [0.15, 0.2) is 0 Å². The molecule has 2 atom stereocenters. The average molecular weight is 495 g/mol. The Bertz CT molecular complexity index is 1010. The van der Waals surface area contributed by atoms with E-state index < -0.39 is 18.0 Å². The van der Waals surface area contributed by atoms with Crippen LogP contribution in [0.1, 0.15) is 29.5 Å². The number of carbonyl (C=O) groups excluding carboxylic acids is 3. The highest BCUT2D eigenvalue weighted by Gasteiger charge is 2.30. The molecule has 194 valence electrons. The monoisotopic (exact) mass is 494 g/mol. The largest absolute Gasteiger partial charge is 0.343 e. The quantitative estimate of drug-likeness (QED) is 0.330. The molecule has 1 aliphatic heterocycles. The maximum atomic E-state index is 13.6. The van der Waals surface area contributed by atoms with E-state index in [0.717, 1.165) is 17.5 Å². The molecule has 0 bridgehead atoms. The molecule has 36 heavy (non-hydrogen) atoms. The zero-order valence-electron chi connectivity index (χ0n) is 20.8. The zero-order chi connectivity index (χ0) is 25.9. The number of carbonyl (C=O) groups is 3. The van der Waals surface area contributed by atoms with E-state index in [0.29, 0.717) is 52.1 Å². The third-order valence-corrected chi connectivity index (χ3v) is 6.50. The average Bonchev–Trinajstić information content (AvgIpc) is 2.90. The molecule has 2 aromatic carbocycles. The molecule has 0 saturated carbocycles. The third kappa shape index (κ3) is 7.61. The summed E-state index contributed by atoms with van der Waals surface area (Å²) < 4.78 is 0. The number of hydrogen-bond acceptors (Lipinski definition) is 6. The van der Waals surface area contributed by atoms with Gasteiger partial charge in [0.25, 0.3) is 0 Å². The Labute approximate surface area is 213 Å². The van der Waals surface area contributed by atoms with E-state index in [4.69, 9.17) is 17.2 Å². The summed E-state index contributed by atoms with van der Waals surface area (Å²) in [6.45, 7) is 2.37. The van der Waals surface area contributed by atoms with Crippen molar-refractivity contribution in [3.05, 3.63) is 71.3 Å². The summed E-state index contributed by atoms with van der Waals surface area (Å²) in [4.78, 5) is 42.5. The first kappa shape index (κ1) is 27.3. The fraction of sp³-hybridized carbons (Fsp3) is 0.444. The summed E-state index contributed by atoms with van der Waals surface area (Å²) in [6, 6.07) is 16.1. The molecule has 9 nitrogen and oxygen atoms in total. The second-order valence-corrected chi connectivity index (χ2v) is 9.13. The molecule has 2 aromatic rings. The molecule has 9 heteroatoms. The van der Waals surface area contributed by atoms with Crippen molar-refractivity contribution in [2.45, 2.75) is 44.3 Å². The number of amides is 3. The number of fused-ring (bicyclic) bond motifs is 1. The van der Waals surface area contributed by atoms with Gasteiger partial charge in [0.05, 0.1) is 12.5 Å². The van der Waals surface area contributed by atoms with Crippen molar-refractivity contribution < 1.29 is 14.4 Å². The molecule has 3 rings (SSSR count). The Hall–Kier alpha value is -3.27. The number of nitrogens with one attached hydrogen (secondary N) is 1. The van der Waals surface area contributed by atoms with Gasteiger partial charge in [-0.15, -0.1) is 0 Å². The summed E-state index contributed by atoms with van der Waals surface area (Å²) in [5.74, 6) is -0.943. The number of benzene rings is 2. The lowest BCUT2D eigenvalue weighted by Crippen LogP contribution is -2.54. The fourth-order valence-electron chi connectivity index (χ4n) is 4.48. The number of nitrogens with two attached hydrogens (primary N) is 3. The topological polar surface area (TPSA) is 148 Å². The van der Waals surface area contributed by atoms with E-state index in [1.807, 2.05) is 48.5 Å². The molecule has 7 N–H and O–H groups in total. The van der Waals surface area contributed by atoms with Crippen LogP contribution in [0.15, 0.2) is 54.6 Å². The van der Waals surface area contributed by atoms with Crippen molar-refractivity contribution in [2.24, 2.45) is 17.2 Å². The lowest BCUT2D eigenvalue weighted by molar-refractivity contribution is -0.138. The van der Waals surface area contributed by atoms with Crippen LogP contribution in [0.2, 0.25) is 0 Å². The molecule has 1 heterocycles. The summed E-state index contributed by atoms with van der Waals surface area (Å²) in [5.41, 5.74) is 20.7. The van der Waals surface area contributed by atoms with Crippen LogP contribution >= 0.6 is 0 Å². The molecule has 0 radical (unpaired) electrons. The van der Waals surface area contributed by atoms with Crippen LogP contribution in [0.25, 0.3) is 0 Å². The van der Waals surface area contributed by atoms with E-state index in [9.17, 15) is 14.4 Å². The minimum Gasteiger partial charge on any atom is -0.343 e. The second kappa shape index (κ2) is 13.7. The van der Waals surface area contributed by atoms with Gasteiger partial charge in [0, 0.05) is 39.3 Å². The van der Waals surface area contributed by atoms with Gasteiger partial charge in [0.1, 0.15) is 6.04 Å². The van der Waals surface area contributed by atoms with Crippen LogP contribution in [0.5, 0.6) is 0 Å². The summed E-state index contributed by atoms with van der Waals surface area (Å²) >= 11 is 0. The van der Waals surface area contributed by atoms with Gasteiger partial charge < -0.3 is 32.3 Å². The van der Waals surface area contributed by atoms with E-state index in [1.54, 1.807) is 4.90 Å². The van der Waals surface area contributed by atoms with Gasteiger partial charge >= 0.3 is 0 Å². The molecule has 0 fully saturated rings. The van der Waals surface area contributed by atoms with E-state index >= 15 is 0 Å². The molecular formula is C27H38N6O3. The van der Waals surface area contributed by atoms with Crippen molar-refractivity contribution in [1.82, 2.24) is 15.1 Å². The highest BCUT2D eigenvalue weighted by Crippen LogP contribution is 2.20. The molecular weight excluding hydrogens is 456 g/mol. The molecule has 0 aliphatic carbocycles. The normalized spacial score (nSPS) is 14.5. The minimum atomic E-state index is -1.08. The Balaban J connectivity index is 1.68. The predicted molar refractivity (Wildman–Crippen MR) is 140 cm³/mol. The number of rotatable bonds is 12.